The zero-order valence-corrected chi connectivity index (χ0v) is 10.8. The van der Waals surface area contributed by atoms with Crippen LogP contribution >= 0.6 is 11.6 Å². The predicted molar refractivity (Wildman–Crippen MR) is 65.6 cm³/mol. The molecule has 0 aliphatic rings. The summed E-state index contributed by atoms with van der Waals surface area (Å²) in [5.41, 5.74) is 0.590. The van der Waals surface area contributed by atoms with Crippen LogP contribution in [0.2, 0.25) is 5.15 Å². The third-order valence-electron chi connectivity index (χ3n) is 2.49. The molecule has 0 spiro atoms. The summed E-state index contributed by atoms with van der Waals surface area (Å²) in [7, 11) is 0. The van der Waals surface area contributed by atoms with Crippen LogP contribution in [-0.2, 0) is 9.53 Å². The first-order valence-electron chi connectivity index (χ1n) is 5.57. The average molecular weight is 286 g/mol. The molecule has 0 aromatic carbocycles. The van der Waals surface area contributed by atoms with Crippen LogP contribution in [0.1, 0.15) is 18.7 Å². The molecule has 2 aromatic heterocycles. The molecule has 0 amide bonds. The molecule has 2 heterocycles. The third kappa shape index (κ3) is 2.67. The molecular weight excluding hydrogens is 274 g/mol. The lowest BCUT2D eigenvalue weighted by atomic mass is 10.1. The van der Waals surface area contributed by atoms with Crippen LogP contribution in [0.15, 0.2) is 18.3 Å². The van der Waals surface area contributed by atoms with Crippen LogP contribution in [0, 0.1) is 0 Å². The first-order chi connectivity index (χ1) is 9.04. The SMILES string of the molecule is CCOC(=O)C(O)C(O)c1cnc2ccc(Cl)nn12. The smallest absolute Gasteiger partial charge is 0.338 e. The van der Waals surface area contributed by atoms with Gasteiger partial charge in [0.2, 0.25) is 0 Å². The summed E-state index contributed by atoms with van der Waals surface area (Å²) < 4.78 is 5.89. The van der Waals surface area contributed by atoms with Crippen LogP contribution in [0.5, 0.6) is 0 Å². The average Bonchev–Trinajstić information content (AvgIpc) is 2.80. The van der Waals surface area contributed by atoms with Crippen molar-refractivity contribution in [3.8, 4) is 0 Å². The van der Waals surface area contributed by atoms with Gasteiger partial charge in [0.25, 0.3) is 0 Å². The number of halogens is 1. The quantitative estimate of drug-likeness (QED) is 0.786. The monoisotopic (exact) mass is 285 g/mol. The van der Waals surface area contributed by atoms with Crippen molar-refractivity contribution >= 4 is 23.2 Å². The maximum absolute atomic E-state index is 11.4. The number of esters is 1. The van der Waals surface area contributed by atoms with Crippen molar-refractivity contribution in [3.63, 3.8) is 0 Å². The number of imidazole rings is 1. The Morgan fingerprint density at radius 2 is 2.26 bits per heavy atom. The second-order valence-corrected chi connectivity index (χ2v) is 4.14. The second kappa shape index (κ2) is 5.52. The van der Waals surface area contributed by atoms with E-state index in [2.05, 4.69) is 14.8 Å². The number of hydrogen-bond acceptors (Lipinski definition) is 6. The van der Waals surface area contributed by atoms with Crippen molar-refractivity contribution in [1.82, 2.24) is 14.6 Å². The molecular formula is C11H12ClN3O4. The number of aliphatic hydroxyl groups is 2. The Labute approximate surface area is 113 Å². The Morgan fingerprint density at radius 3 is 2.95 bits per heavy atom. The van der Waals surface area contributed by atoms with Crippen molar-refractivity contribution in [2.24, 2.45) is 0 Å². The van der Waals surface area contributed by atoms with Crippen molar-refractivity contribution in [1.29, 1.82) is 0 Å². The number of fused-ring (bicyclic) bond motifs is 1. The zero-order valence-electron chi connectivity index (χ0n) is 10.0. The van der Waals surface area contributed by atoms with Gasteiger partial charge in [-0.15, -0.1) is 0 Å². The number of ether oxygens (including phenoxy) is 1. The maximum atomic E-state index is 11.4. The van der Waals surface area contributed by atoms with Crippen molar-refractivity contribution in [3.05, 3.63) is 29.2 Å². The molecule has 7 nitrogen and oxygen atoms in total. The number of nitrogens with zero attached hydrogens (tertiary/aromatic N) is 3. The molecule has 8 heteroatoms. The lowest BCUT2D eigenvalue weighted by molar-refractivity contribution is -0.159. The second-order valence-electron chi connectivity index (χ2n) is 3.75. The fourth-order valence-electron chi connectivity index (χ4n) is 1.59. The maximum Gasteiger partial charge on any atom is 0.338 e. The van der Waals surface area contributed by atoms with E-state index >= 15 is 0 Å². The Balaban J connectivity index is 2.33. The van der Waals surface area contributed by atoms with E-state index in [1.165, 1.54) is 10.7 Å². The van der Waals surface area contributed by atoms with Gasteiger partial charge in [0, 0.05) is 0 Å². The molecule has 0 radical (unpaired) electrons. The van der Waals surface area contributed by atoms with Gasteiger partial charge in [-0.3, -0.25) is 0 Å². The van der Waals surface area contributed by atoms with Crippen molar-refractivity contribution in [2.45, 2.75) is 19.1 Å². The molecule has 0 fully saturated rings. The Morgan fingerprint density at radius 1 is 1.53 bits per heavy atom. The van der Waals surface area contributed by atoms with E-state index in [9.17, 15) is 15.0 Å². The fourth-order valence-corrected chi connectivity index (χ4v) is 1.73. The number of aliphatic hydroxyl groups excluding tert-OH is 2. The highest BCUT2D eigenvalue weighted by molar-refractivity contribution is 6.29. The summed E-state index contributed by atoms with van der Waals surface area (Å²) in [6.45, 7) is 1.71. The van der Waals surface area contributed by atoms with E-state index in [-0.39, 0.29) is 17.5 Å². The van der Waals surface area contributed by atoms with Crippen LogP contribution in [0.4, 0.5) is 0 Å². The molecule has 2 aromatic rings. The van der Waals surface area contributed by atoms with E-state index in [1.807, 2.05) is 0 Å². The molecule has 19 heavy (non-hydrogen) atoms. The van der Waals surface area contributed by atoms with Gasteiger partial charge in [-0.2, -0.15) is 5.10 Å². The minimum absolute atomic E-state index is 0.111. The number of aromatic nitrogens is 3. The predicted octanol–water partition coefficient (Wildman–Crippen LogP) is 0.340. The van der Waals surface area contributed by atoms with Crippen LogP contribution in [0.3, 0.4) is 0 Å². The van der Waals surface area contributed by atoms with E-state index < -0.39 is 18.2 Å². The molecule has 0 aliphatic heterocycles. The van der Waals surface area contributed by atoms with Gasteiger partial charge in [-0.25, -0.2) is 14.3 Å². The topological polar surface area (TPSA) is 97.0 Å². The summed E-state index contributed by atoms with van der Waals surface area (Å²) in [6, 6.07) is 3.14. The Hall–Kier alpha value is -1.70. The number of rotatable bonds is 4. The summed E-state index contributed by atoms with van der Waals surface area (Å²) in [4.78, 5) is 15.4. The van der Waals surface area contributed by atoms with Crippen molar-refractivity contribution in [2.75, 3.05) is 6.61 Å². The Kier molecular flexibility index (Phi) is 3.98. The van der Waals surface area contributed by atoms with E-state index in [4.69, 9.17) is 11.6 Å². The standard InChI is InChI=1S/C11H12ClN3O4/c1-2-19-11(18)10(17)9(16)6-5-13-8-4-3-7(12)14-15(6)8/h3-5,9-10,16-17H,2H2,1H3. The summed E-state index contributed by atoms with van der Waals surface area (Å²) >= 11 is 5.75. The van der Waals surface area contributed by atoms with Gasteiger partial charge in [-0.1, -0.05) is 11.6 Å². The van der Waals surface area contributed by atoms with Crippen LogP contribution in [0.25, 0.3) is 5.65 Å². The molecule has 0 bridgehead atoms. The third-order valence-corrected chi connectivity index (χ3v) is 2.69. The lowest BCUT2D eigenvalue weighted by Gasteiger charge is -2.15. The highest BCUT2D eigenvalue weighted by Gasteiger charge is 2.29. The first kappa shape index (κ1) is 13.7. The summed E-state index contributed by atoms with van der Waals surface area (Å²) in [6.07, 6.45) is -1.90. The van der Waals surface area contributed by atoms with Crippen LogP contribution < -0.4 is 0 Å². The van der Waals surface area contributed by atoms with Gasteiger partial charge >= 0.3 is 5.97 Å². The Bertz CT molecular complexity index is 601. The number of carbonyl (C=O) groups is 1. The van der Waals surface area contributed by atoms with E-state index in [0.717, 1.165) is 0 Å². The molecule has 102 valence electrons. The number of hydrogen-bond donors (Lipinski definition) is 2. The normalized spacial score (nSPS) is 14.3. The highest BCUT2D eigenvalue weighted by atomic mass is 35.5. The van der Waals surface area contributed by atoms with Gasteiger partial charge in [0.15, 0.2) is 11.8 Å². The molecule has 2 unspecified atom stereocenters. The van der Waals surface area contributed by atoms with Gasteiger partial charge in [-0.05, 0) is 19.1 Å². The molecule has 2 atom stereocenters. The lowest BCUT2D eigenvalue weighted by Crippen LogP contribution is -2.30. The highest BCUT2D eigenvalue weighted by Crippen LogP contribution is 2.19. The number of carbonyl (C=O) groups excluding carboxylic acids is 1. The molecule has 0 aliphatic carbocycles. The van der Waals surface area contributed by atoms with E-state index in [1.54, 1.807) is 19.1 Å². The summed E-state index contributed by atoms with van der Waals surface area (Å²) in [5.74, 6) is -0.910. The largest absolute Gasteiger partial charge is 0.464 e. The summed E-state index contributed by atoms with van der Waals surface area (Å²) in [5, 5.41) is 23.8. The van der Waals surface area contributed by atoms with Gasteiger partial charge in [0.1, 0.15) is 11.3 Å². The minimum atomic E-state index is -1.71. The zero-order chi connectivity index (χ0) is 14.0. The van der Waals surface area contributed by atoms with E-state index in [0.29, 0.717) is 5.65 Å². The molecule has 2 rings (SSSR count). The van der Waals surface area contributed by atoms with Gasteiger partial charge < -0.3 is 14.9 Å². The molecule has 0 saturated heterocycles. The van der Waals surface area contributed by atoms with Crippen molar-refractivity contribution < 1.29 is 19.7 Å². The van der Waals surface area contributed by atoms with Crippen LogP contribution in [-0.4, -0.2) is 43.5 Å². The van der Waals surface area contributed by atoms with Gasteiger partial charge in [0.05, 0.1) is 18.5 Å². The molecule has 2 N–H and O–H groups in total. The first-order valence-corrected chi connectivity index (χ1v) is 5.95. The fraction of sp³-hybridized carbons (Fsp3) is 0.364. The minimum Gasteiger partial charge on any atom is -0.464 e. The molecule has 0 saturated carbocycles.